The van der Waals surface area contributed by atoms with Gasteiger partial charge in [-0.1, -0.05) is 17.7 Å². The Balaban J connectivity index is 1.62. The highest BCUT2D eigenvalue weighted by molar-refractivity contribution is 7.89. The highest BCUT2D eigenvalue weighted by Crippen LogP contribution is 2.24. The topological polar surface area (TPSA) is 81.2 Å². The van der Waals surface area contributed by atoms with E-state index in [2.05, 4.69) is 14.7 Å². The lowest BCUT2D eigenvalue weighted by Crippen LogP contribution is -2.23. The fraction of sp³-hybridized carbons (Fsp3) is 0.412. The summed E-state index contributed by atoms with van der Waals surface area (Å²) >= 11 is 0. The number of nitrogens with zero attached hydrogens (tertiary/aromatic N) is 2. The molecule has 128 valence electrons. The third kappa shape index (κ3) is 4.17. The molecule has 2 aromatic rings. The minimum atomic E-state index is -3.54. The Morgan fingerprint density at radius 3 is 2.50 bits per heavy atom. The van der Waals surface area contributed by atoms with Gasteiger partial charge in [-0.15, -0.1) is 0 Å². The quantitative estimate of drug-likeness (QED) is 0.899. The monoisotopic (exact) mass is 347 g/mol. The normalized spacial score (nSPS) is 18.5. The molecule has 1 aliphatic heterocycles. The minimum Gasteiger partial charge on any atom is -0.370 e. The fourth-order valence-corrected chi connectivity index (χ4v) is 3.56. The first-order valence-corrected chi connectivity index (χ1v) is 9.52. The molecule has 24 heavy (non-hydrogen) atoms. The number of hydrogen-bond donors (Lipinski definition) is 1. The summed E-state index contributed by atoms with van der Waals surface area (Å²) in [5.41, 5.74) is 1.73. The average molecular weight is 347 g/mol. The molecular formula is C17H21N3O3S. The molecule has 1 saturated heterocycles. The molecule has 0 aliphatic carbocycles. The molecule has 6 nitrogen and oxygen atoms in total. The Labute approximate surface area is 142 Å². The van der Waals surface area contributed by atoms with Crippen LogP contribution in [-0.4, -0.2) is 25.0 Å². The molecule has 1 fully saturated rings. The van der Waals surface area contributed by atoms with Crippen LogP contribution in [0.4, 0.5) is 0 Å². The third-order valence-corrected chi connectivity index (χ3v) is 5.41. The van der Waals surface area contributed by atoms with E-state index >= 15 is 0 Å². The van der Waals surface area contributed by atoms with Gasteiger partial charge >= 0.3 is 0 Å². The molecule has 7 heteroatoms. The van der Waals surface area contributed by atoms with Crippen LogP contribution in [0.25, 0.3) is 0 Å². The zero-order chi connectivity index (χ0) is 17.0. The van der Waals surface area contributed by atoms with E-state index in [0.717, 1.165) is 31.4 Å². The van der Waals surface area contributed by atoms with E-state index in [1.807, 2.05) is 6.92 Å². The number of rotatable bonds is 5. The number of hydrogen-bond acceptors (Lipinski definition) is 5. The van der Waals surface area contributed by atoms with Gasteiger partial charge in [0.2, 0.25) is 10.0 Å². The summed E-state index contributed by atoms with van der Waals surface area (Å²) in [6, 6.07) is 6.74. The van der Waals surface area contributed by atoms with Crippen LogP contribution in [0.3, 0.4) is 0 Å². The maximum Gasteiger partial charge on any atom is 0.240 e. The molecule has 0 saturated carbocycles. The molecule has 0 radical (unpaired) electrons. The summed E-state index contributed by atoms with van der Waals surface area (Å²) in [5.74, 6) is 0.667. The predicted molar refractivity (Wildman–Crippen MR) is 89.8 cm³/mol. The first-order valence-electron chi connectivity index (χ1n) is 8.03. The van der Waals surface area contributed by atoms with Crippen LogP contribution in [0.2, 0.25) is 0 Å². The second kappa shape index (κ2) is 7.38. The predicted octanol–water partition coefficient (Wildman–Crippen LogP) is 2.51. The van der Waals surface area contributed by atoms with Crippen LogP contribution in [0.1, 0.15) is 42.3 Å². The van der Waals surface area contributed by atoms with E-state index in [1.54, 1.807) is 36.7 Å². The lowest BCUT2D eigenvalue weighted by atomic mass is 10.1. The third-order valence-electron chi connectivity index (χ3n) is 3.99. The van der Waals surface area contributed by atoms with Crippen molar-refractivity contribution in [2.75, 3.05) is 6.61 Å². The molecule has 0 amide bonds. The van der Waals surface area contributed by atoms with Gasteiger partial charge in [0.05, 0.1) is 4.90 Å². The van der Waals surface area contributed by atoms with Crippen LogP contribution >= 0.6 is 0 Å². The van der Waals surface area contributed by atoms with Gasteiger partial charge in [0.25, 0.3) is 0 Å². The Morgan fingerprint density at radius 2 is 1.88 bits per heavy atom. The number of nitrogens with one attached hydrogen (secondary N) is 1. The summed E-state index contributed by atoms with van der Waals surface area (Å²) < 4.78 is 32.7. The Hall–Kier alpha value is -1.83. The standard InChI is InChI=1S/C17H21N3O3S/c1-13-5-7-15(8-6-13)24(21,22)20-12-14-10-18-17(19-11-14)16-4-2-3-9-23-16/h5-8,10-11,16,20H,2-4,9,12H2,1H3/t16-/m1/s1. The zero-order valence-corrected chi connectivity index (χ0v) is 14.4. The number of ether oxygens (including phenoxy) is 1. The lowest BCUT2D eigenvalue weighted by Gasteiger charge is -2.21. The van der Waals surface area contributed by atoms with Crippen molar-refractivity contribution in [2.45, 2.75) is 43.7 Å². The second-order valence-electron chi connectivity index (χ2n) is 5.94. The Kier molecular flexibility index (Phi) is 5.23. The van der Waals surface area contributed by atoms with Gasteiger partial charge in [-0.05, 0) is 38.3 Å². The number of benzene rings is 1. The zero-order valence-electron chi connectivity index (χ0n) is 13.6. The fourth-order valence-electron chi connectivity index (χ4n) is 2.55. The maximum atomic E-state index is 12.3. The van der Waals surface area contributed by atoms with Crippen LogP contribution in [0.5, 0.6) is 0 Å². The lowest BCUT2D eigenvalue weighted by molar-refractivity contribution is 0.00940. The Morgan fingerprint density at radius 1 is 1.17 bits per heavy atom. The van der Waals surface area contributed by atoms with Crippen LogP contribution in [0.15, 0.2) is 41.6 Å². The summed E-state index contributed by atoms with van der Waals surface area (Å²) in [7, 11) is -3.54. The van der Waals surface area contributed by atoms with Crippen molar-refractivity contribution < 1.29 is 13.2 Å². The van der Waals surface area contributed by atoms with Gasteiger partial charge in [-0.2, -0.15) is 0 Å². The van der Waals surface area contributed by atoms with Crippen LogP contribution < -0.4 is 4.72 Å². The van der Waals surface area contributed by atoms with Crippen molar-refractivity contribution in [3.63, 3.8) is 0 Å². The summed E-state index contributed by atoms with van der Waals surface area (Å²) in [6.07, 6.45) is 6.38. The van der Waals surface area contributed by atoms with E-state index in [-0.39, 0.29) is 17.5 Å². The maximum absolute atomic E-state index is 12.3. The molecule has 3 rings (SSSR count). The smallest absolute Gasteiger partial charge is 0.240 e. The summed E-state index contributed by atoms with van der Waals surface area (Å²) in [6.45, 7) is 2.81. The first-order chi connectivity index (χ1) is 11.5. The number of sulfonamides is 1. The number of aromatic nitrogens is 2. The van der Waals surface area contributed by atoms with Gasteiger partial charge in [-0.3, -0.25) is 0 Å². The molecule has 1 aromatic carbocycles. The van der Waals surface area contributed by atoms with E-state index in [9.17, 15) is 8.42 Å². The van der Waals surface area contributed by atoms with Gasteiger partial charge in [0, 0.05) is 31.1 Å². The molecule has 2 heterocycles. The largest absolute Gasteiger partial charge is 0.370 e. The second-order valence-corrected chi connectivity index (χ2v) is 7.71. The van der Waals surface area contributed by atoms with E-state index in [4.69, 9.17) is 4.74 Å². The van der Waals surface area contributed by atoms with Gasteiger partial charge in [0.1, 0.15) is 6.10 Å². The van der Waals surface area contributed by atoms with Gasteiger partial charge in [-0.25, -0.2) is 23.1 Å². The van der Waals surface area contributed by atoms with Crippen molar-refractivity contribution >= 4 is 10.0 Å². The van der Waals surface area contributed by atoms with Gasteiger partial charge in [0.15, 0.2) is 5.82 Å². The van der Waals surface area contributed by atoms with E-state index in [0.29, 0.717) is 11.4 Å². The SMILES string of the molecule is Cc1ccc(S(=O)(=O)NCc2cnc([C@H]3CCCCO3)nc2)cc1. The minimum absolute atomic E-state index is 0.0444. The van der Waals surface area contributed by atoms with Crippen molar-refractivity contribution in [2.24, 2.45) is 0 Å². The highest BCUT2D eigenvalue weighted by atomic mass is 32.2. The van der Waals surface area contributed by atoms with Crippen molar-refractivity contribution in [3.05, 3.63) is 53.6 Å². The van der Waals surface area contributed by atoms with Crippen LogP contribution in [-0.2, 0) is 21.3 Å². The summed E-state index contributed by atoms with van der Waals surface area (Å²) in [5, 5.41) is 0. The molecule has 0 unspecified atom stereocenters. The molecule has 0 bridgehead atoms. The molecule has 0 spiro atoms. The first kappa shape index (κ1) is 17.0. The average Bonchev–Trinajstić information content (AvgIpc) is 2.62. The summed E-state index contributed by atoms with van der Waals surface area (Å²) in [4.78, 5) is 8.88. The van der Waals surface area contributed by atoms with Crippen LogP contribution in [0, 0.1) is 6.92 Å². The molecule has 1 aliphatic rings. The van der Waals surface area contributed by atoms with Gasteiger partial charge < -0.3 is 4.74 Å². The Bertz CT molecular complexity index is 768. The highest BCUT2D eigenvalue weighted by Gasteiger charge is 2.19. The number of aryl methyl sites for hydroxylation is 1. The molecule has 1 atom stereocenters. The van der Waals surface area contributed by atoms with Crippen molar-refractivity contribution in [1.82, 2.24) is 14.7 Å². The molecular weight excluding hydrogens is 326 g/mol. The van der Waals surface area contributed by atoms with Crippen molar-refractivity contribution in [1.29, 1.82) is 0 Å². The molecule has 1 N–H and O–H groups in total. The van der Waals surface area contributed by atoms with E-state index in [1.165, 1.54) is 0 Å². The molecule has 1 aromatic heterocycles. The van der Waals surface area contributed by atoms with E-state index < -0.39 is 10.0 Å². The van der Waals surface area contributed by atoms with Crippen molar-refractivity contribution in [3.8, 4) is 0 Å².